The summed E-state index contributed by atoms with van der Waals surface area (Å²) in [5.41, 5.74) is 5.56. The van der Waals surface area contributed by atoms with E-state index in [4.69, 9.17) is 9.97 Å². The summed E-state index contributed by atoms with van der Waals surface area (Å²) in [6.07, 6.45) is 7.39. The molecule has 6 nitrogen and oxygen atoms in total. The van der Waals surface area contributed by atoms with Crippen LogP contribution >= 0.6 is 0 Å². The molecule has 0 aliphatic rings. The van der Waals surface area contributed by atoms with E-state index in [9.17, 15) is 0 Å². The van der Waals surface area contributed by atoms with Gasteiger partial charge in [-0.2, -0.15) is 10.2 Å². The summed E-state index contributed by atoms with van der Waals surface area (Å²) in [6.45, 7) is 0. The van der Waals surface area contributed by atoms with Gasteiger partial charge in [0.15, 0.2) is 0 Å². The molecule has 0 atom stereocenters. The van der Waals surface area contributed by atoms with Gasteiger partial charge in [0.2, 0.25) is 0 Å². The van der Waals surface area contributed by atoms with Crippen LogP contribution in [0.2, 0.25) is 0 Å². The van der Waals surface area contributed by atoms with E-state index < -0.39 is 0 Å². The van der Waals surface area contributed by atoms with Gasteiger partial charge in [-0.15, -0.1) is 0 Å². The lowest BCUT2D eigenvalue weighted by molar-refractivity contribution is 1.16. The number of hydrogen-bond acceptors (Lipinski definition) is 4. The molecule has 34 heavy (non-hydrogen) atoms. The average Bonchev–Trinajstić information content (AvgIpc) is 3.47. The van der Waals surface area contributed by atoms with E-state index in [1.54, 1.807) is 12.4 Å². The van der Waals surface area contributed by atoms with Gasteiger partial charge in [0.05, 0.1) is 23.5 Å². The van der Waals surface area contributed by atoms with Crippen LogP contribution in [-0.4, -0.2) is 31.2 Å². The Bertz CT molecular complexity index is 1520. The Morgan fingerprint density at radius 3 is 1.35 bits per heavy atom. The molecular weight excluding hydrogens is 420 g/mol. The van der Waals surface area contributed by atoms with Crippen molar-refractivity contribution in [1.82, 2.24) is 18.8 Å². The standard InChI is InChI=1S/C28H20N6/c1-3-11-21(12-4-1)27-31-23(25-15-7-9-17-33(25)27)19-29-30-20-24-26-16-8-10-18-34(26)28(32-24)22-13-5-2-6-14-22/h1-20H/b29-19-,30-20-. The molecule has 0 saturated carbocycles. The van der Waals surface area contributed by atoms with Gasteiger partial charge in [0, 0.05) is 23.5 Å². The fourth-order valence-corrected chi connectivity index (χ4v) is 4.07. The lowest BCUT2D eigenvalue weighted by atomic mass is 10.2. The molecule has 162 valence electrons. The van der Waals surface area contributed by atoms with Crippen molar-refractivity contribution in [2.45, 2.75) is 0 Å². The van der Waals surface area contributed by atoms with Crippen LogP contribution in [0.3, 0.4) is 0 Å². The van der Waals surface area contributed by atoms with E-state index in [2.05, 4.69) is 43.3 Å². The molecule has 0 fully saturated rings. The number of hydrogen-bond donors (Lipinski definition) is 0. The van der Waals surface area contributed by atoms with Gasteiger partial charge in [0.1, 0.15) is 23.0 Å². The second kappa shape index (κ2) is 8.60. The van der Waals surface area contributed by atoms with Crippen LogP contribution in [0.1, 0.15) is 11.4 Å². The molecule has 0 N–H and O–H groups in total. The Kier molecular flexibility index (Phi) is 5.01. The van der Waals surface area contributed by atoms with Crippen LogP contribution in [0, 0.1) is 0 Å². The molecular formula is C28H20N6. The number of aromatic nitrogens is 4. The van der Waals surface area contributed by atoms with Gasteiger partial charge in [-0.05, 0) is 24.3 Å². The number of rotatable bonds is 5. The highest BCUT2D eigenvalue weighted by atomic mass is 15.2. The first-order valence-corrected chi connectivity index (χ1v) is 11.0. The molecule has 2 aromatic carbocycles. The molecule has 6 rings (SSSR count). The fraction of sp³-hybridized carbons (Fsp3) is 0. The summed E-state index contributed by atoms with van der Waals surface area (Å²) < 4.78 is 4.13. The zero-order chi connectivity index (χ0) is 22.7. The average molecular weight is 441 g/mol. The first-order valence-electron chi connectivity index (χ1n) is 11.0. The molecule has 0 radical (unpaired) electrons. The highest BCUT2D eigenvalue weighted by molar-refractivity contribution is 5.91. The third-order valence-corrected chi connectivity index (χ3v) is 5.64. The zero-order valence-corrected chi connectivity index (χ0v) is 18.2. The summed E-state index contributed by atoms with van der Waals surface area (Å²) in [5.74, 6) is 1.74. The molecule has 0 unspecified atom stereocenters. The molecule has 0 amide bonds. The minimum atomic E-state index is 0.760. The van der Waals surface area contributed by atoms with Crippen LogP contribution in [0.5, 0.6) is 0 Å². The maximum atomic E-state index is 4.82. The van der Waals surface area contributed by atoms with E-state index in [-0.39, 0.29) is 0 Å². The van der Waals surface area contributed by atoms with Crippen LogP contribution in [0.15, 0.2) is 120 Å². The molecule has 0 saturated heterocycles. The summed E-state index contributed by atoms with van der Waals surface area (Å²) in [4.78, 5) is 9.64. The Morgan fingerprint density at radius 2 is 0.912 bits per heavy atom. The van der Waals surface area contributed by atoms with Crippen molar-refractivity contribution in [1.29, 1.82) is 0 Å². The molecule has 0 aliphatic heterocycles. The topological polar surface area (TPSA) is 59.3 Å². The SMILES string of the molecule is C(=N/N=C\c1nc(-c2ccccc2)n2ccccc12)/c1nc(-c2ccccc2)n2ccccc12. The van der Waals surface area contributed by atoms with Gasteiger partial charge >= 0.3 is 0 Å². The number of fused-ring (bicyclic) bond motifs is 2. The van der Waals surface area contributed by atoms with E-state index in [0.29, 0.717) is 0 Å². The minimum Gasteiger partial charge on any atom is -0.299 e. The summed E-state index contributed by atoms with van der Waals surface area (Å²) in [7, 11) is 0. The van der Waals surface area contributed by atoms with Crippen molar-refractivity contribution >= 4 is 23.5 Å². The molecule has 0 bridgehead atoms. The molecule has 6 heteroatoms. The number of benzene rings is 2. The highest BCUT2D eigenvalue weighted by Crippen LogP contribution is 2.23. The van der Waals surface area contributed by atoms with E-state index in [1.165, 1.54) is 0 Å². The molecule has 0 spiro atoms. The van der Waals surface area contributed by atoms with E-state index in [1.807, 2.05) is 85.2 Å². The summed E-state index contributed by atoms with van der Waals surface area (Å²) in [6, 6.07) is 32.3. The quantitative estimate of drug-likeness (QED) is 0.252. The minimum absolute atomic E-state index is 0.760. The second-order valence-electron chi connectivity index (χ2n) is 7.77. The number of pyridine rings is 2. The normalized spacial score (nSPS) is 11.9. The third-order valence-electron chi connectivity index (χ3n) is 5.64. The van der Waals surface area contributed by atoms with Crippen molar-refractivity contribution in [3.8, 4) is 22.8 Å². The summed E-state index contributed by atoms with van der Waals surface area (Å²) in [5, 5.41) is 8.60. The van der Waals surface area contributed by atoms with Crippen LogP contribution in [0.4, 0.5) is 0 Å². The number of imidazole rings is 2. The lowest BCUT2D eigenvalue weighted by Gasteiger charge is -1.99. The Morgan fingerprint density at radius 1 is 0.500 bits per heavy atom. The monoisotopic (exact) mass is 440 g/mol. The summed E-state index contributed by atoms with van der Waals surface area (Å²) >= 11 is 0. The van der Waals surface area contributed by atoms with E-state index >= 15 is 0 Å². The first kappa shape index (κ1) is 19.8. The fourth-order valence-electron chi connectivity index (χ4n) is 4.07. The van der Waals surface area contributed by atoms with Gasteiger partial charge in [-0.3, -0.25) is 8.80 Å². The zero-order valence-electron chi connectivity index (χ0n) is 18.2. The Labute approximate surface area is 196 Å². The first-order chi connectivity index (χ1) is 16.9. The maximum Gasteiger partial charge on any atom is 0.145 e. The maximum absolute atomic E-state index is 4.82. The smallest absolute Gasteiger partial charge is 0.145 e. The highest BCUT2D eigenvalue weighted by Gasteiger charge is 2.12. The molecule has 0 aliphatic carbocycles. The Hall–Kier alpha value is -4.84. The van der Waals surface area contributed by atoms with Crippen molar-refractivity contribution in [3.63, 3.8) is 0 Å². The molecule has 4 aromatic heterocycles. The Balaban J connectivity index is 1.35. The van der Waals surface area contributed by atoms with Gasteiger partial charge < -0.3 is 0 Å². The van der Waals surface area contributed by atoms with Gasteiger partial charge in [-0.25, -0.2) is 9.97 Å². The third kappa shape index (κ3) is 3.57. The predicted octanol–water partition coefficient (Wildman–Crippen LogP) is 5.77. The van der Waals surface area contributed by atoms with Crippen molar-refractivity contribution in [2.24, 2.45) is 10.2 Å². The van der Waals surface area contributed by atoms with Crippen molar-refractivity contribution in [3.05, 3.63) is 121 Å². The van der Waals surface area contributed by atoms with E-state index in [0.717, 1.165) is 45.2 Å². The predicted molar refractivity (Wildman–Crippen MR) is 136 cm³/mol. The second-order valence-corrected chi connectivity index (χ2v) is 7.77. The van der Waals surface area contributed by atoms with Gasteiger partial charge in [0.25, 0.3) is 0 Å². The van der Waals surface area contributed by atoms with Crippen molar-refractivity contribution in [2.75, 3.05) is 0 Å². The van der Waals surface area contributed by atoms with Crippen LogP contribution < -0.4 is 0 Å². The lowest BCUT2D eigenvalue weighted by Crippen LogP contribution is -1.87. The van der Waals surface area contributed by atoms with Crippen molar-refractivity contribution < 1.29 is 0 Å². The number of nitrogens with zero attached hydrogens (tertiary/aromatic N) is 6. The van der Waals surface area contributed by atoms with Gasteiger partial charge in [-0.1, -0.05) is 72.8 Å². The van der Waals surface area contributed by atoms with Crippen LogP contribution in [0.25, 0.3) is 33.8 Å². The molecule has 6 aromatic rings. The van der Waals surface area contributed by atoms with Crippen LogP contribution in [-0.2, 0) is 0 Å². The molecule has 4 heterocycles. The largest absolute Gasteiger partial charge is 0.299 e.